The molecule has 26 heavy (non-hydrogen) atoms. The predicted molar refractivity (Wildman–Crippen MR) is 93.0 cm³/mol. The lowest BCUT2D eigenvalue weighted by Crippen LogP contribution is -2.28. The van der Waals surface area contributed by atoms with Gasteiger partial charge in [-0.1, -0.05) is 18.2 Å². The molecule has 0 aromatic heterocycles. The summed E-state index contributed by atoms with van der Waals surface area (Å²) in [6.45, 7) is -0.174. The van der Waals surface area contributed by atoms with Gasteiger partial charge in [-0.3, -0.25) is 9.59 Å². The van der Waals surface area contributed by atoms with Gasteiger partial charge in [0.25, 0.3) is 5.91 Å². The van der Waals surface area contributed by atoms with Crippen molar-refractivity contribution in [3.63, 3.8) is 0 Å². The zero-order valence-corrected chi connectivity index (χ0v) is 14.6. The lowest BCUT2D eigenvalue weighted by Gasteiger charge is -2.22. The number of alkyl halides is 3. The number of carbonyl (C=O) groups is 2. The van der Waals surface area contributed by atoms with E-state index in [4.69, 9.17) is 0 Å². The van der Waals surface area contributed by atoms with Gasteiger partial charge in [0.05, 0.1) is 17.0 Å². The van der Waals surface area contributed by atoms with Crippen molar-refractivity contribution in [1.82, 2.24) is 4.90 Å². The summed E-state index contributed by atoms with van der Waals surface area (Å²) >= 11 is 1.37. The van der Waals surface area contributed by atoms with Crippen LogP contribution in [-0.2, 0) is 17.5 Å². The Morgan fingerprint density at radius 3 is 2.69 bits per heavy atom. The second-order valence-electron chi connectivity index (χ2n) is 5.86. The van der Waals surface area contributed by atoms with E-state index in [0.29, 0.717) is 17.0 Å². The summed E-state index contributed by atoms with van der Waals surface area (Å²) < 4.78 is 39.3. The molecule has 2 amide bonds. The number of nitrogens with zero attached hydrogens (tertiary/aromatic N) is 1. The van der Waals surface area contributed by atoms with E-state index in [0.717, 1.165) is 11.0 Å². The van der Waals surface area contributed by atoms with Crippen molar-refractivity contribution >= 4 is 29.3 Å². The van der Waals surface area contributed by atoms with Crippen LogP contribution in [0.15, 0.2) is 47.4 Å². The molecule has 4 nitrogen and oxygen atoms in total. The third kappa shape index (κ3) is 3.85. The Morgan fingerprint density at radius 2 is 1.96 bits per heavy atom. The number of carbonyl (C=O) groups excluding carboxylic acids is 2. The van der Waals surface area contributed by atoms with Crippen molar-refractivity contribution in [2.24, 2.45) is 0 Å². The molecule has 2 aromatic rings. The fourth-order valence-electron chi connectivity index (χ4n) is 2.70. The summed E-state index contributed by atoms with van der Waals surface area (Å²) in [5.74, 6) is -0.261. The van der Waals surface area contributed by atoms with Crippen LogP contribution in [0.5, 0.6) is 0 Å². The van der Waals surface area contributed by atoms with Crippen LogP contribution in [0.4, 0.5) is 18.9 Å². The van der Waals surface area contributed by atoms with Gasteiger partial charge in [-0.05, 0) is 29.8 Å². The molecule has 0 bridgehead atoms. The highest BCUT2D eigenvalue weighted by molar-refractivity contribution is 8.00. The van der Waals surface area contributed by atoms with Crippen molar-refractivity contribution in [1.29, 1.82) is 0 Å². The van der Waals surface area contributed by atoms with Gasteiger partial charge in [0, 0.05) is 24.1 Å². The lowest BCUT2D eigenvalue weighted by molar-refractivity contribution is -0.138. The Morgan fingerprint density at radius 1 is 1.23 bits per heavy atom. The molecular weight excluding hydrogens is 365 g/mol. The van der Waals surface area contributed by atoms with E-state index in [1.54, 1.807) is 18.2 Å². The fraction of sp³-hybridized carbons (Fsp3) is 0.222. The van der Waals surface area contributed by atoms with Crippen LogP contribution in [-0.4, -0.2) is 29.5 Å². The van der Waals surface area contributed by atoms with Gasteiger partial charge in [-0.15, -0.1) is 11.8 Å². The summed E-state index contributed by atoms with van der Waals surface area (Å²) in [5, 5.41) is 2.69. The molecule has 3 rings (SSSR count). The van der Waals surface area contributed by atoms with E-state index in [1.165, 1.54) is 41.9 Å². The zero-order chi connectivity index (χ0) is 18.9. The summed E-state index contributed by atoms with van der Waals surface area (Å²) in [5.41, 5.74) is 0.117. The standard InChI is InChI=1S/C18H15F3N2O2S/c1-23(9-12-4-2-3-5-13(12)18(19,20)21)17(25)11-6-7-15-14(8-11)22-16(24)10-26-15/h2-8H,9-10H2,1H3,(H,22,24). The molecule has 136 valence electrons. The summed E-state index contributed by atoms with van der Waals surface area (Å²) in [6.07, 6.45) is -4.48. The molecule has 1 heterocycles. The second-order valence-corrected chi connectivity index (χ2v) is 6.88. The first-order valence-corrected chi connectivity index (χ1v) is 8.71. The Bertz CT molecular complexity index is 868. The monoisotopic (exact) mass is 380 g/mol. The first kappa shape index (κ1) is 18.3. The average molecular weight is 380 g/mol. The van der Waals surface area contributed by atoms with Gasteiger partial charge >= 0.3 is 6.18 Å². The first-order chi connectivity index (χ1) is 12.3. The topological polar surface area (TPSA) is 49.4 Å². The molecule has 1 aliphatic heterocycles. The van der Waals surface area contributed by atoms with Crippen LogP contribution in [0.2, 0.25) is 0 Å². The van der Waals surface area contributed by atoms with Crippen LogP contribution in [0.1, 0.15) is 21.5 Å². The number of hydrogen-bond donors (Lipinski definition) is 1. The van der Waals surface area contributed by atoms with E-state index in [1.807, 2.05) is 0 Å². The number of anilines is 1. The largest absolute Gasteiger partial charge is 0.416 e. The number of hydrogen-bond acceptors (Lipinski definition) is 3. The van der Waals surface area contributed by atoms with Crippen molar-refractivity contribution < 1.29 is 22.8 Å². The minimum atomic E-state index is -4.48. The fourth-order valence-corrected chi connectivity index (χ4v) is 3.49. The van der Waals surface area contributed by atoms with Crippen LogP contribution < -0.4 is 5.32 Å². The van der Waals surface area contributed by atoms with Crippen molar-refractivity contribution in [3.8, 4) is 0 Å². The number of amides is 2. The molecule has 1 aliphatic rings. The predicted octanol–water partition coefficient (Wildman–Crippen LogP) is 4.02. The Balaban J connectivity index is 1.81. The number of nitrogens with one attached hydrogen (secondary N) is 1. The van der Waals surface area contributed by atoms with Gasteiger partial charge < -0.3 is 10.2 Å². The molecule has 0 saturated heterocycles. The Labute approximate surface area is 152 Å². The van der Waals surface area contributed by atoms with Crippen LogP contribution >= 0.6 is 11.8 Å². The highest BCUT2D eigenvalue weighted by atomic mass is 32.2. The highest BCUT2D eigenvalue weighted by Crippen LogP contribution is 2.34. The first-order valence-electron chi connectivity index (χ1n) is 7.73. The number of halogens is 3. The van der Waals surface area contributed by atoms with Gasteiger partial charge in [-0.25, -0.2) is 0 Å². The molecule has 0 spiro atoms. The van der Waals surface area contributed by atoms with E-state index in [9.17, 15) is 22.8 Å². The van der Waals surface area contributed by atoms with Crippen LogP contribution in [0, 0.1) is 0 Å². The number of rotatable bonds is 3. The Hall–Kier alpha value is -2.48. The summed E-state index contributed by atoms with van der Waals surface area (Å²) in [7, 11) is 1.45. The van der Waals surface area contributed by atoms with Crippen molar-refractivity contribution in [2.75, 3.05) is 18.1 Å². The van der Waals surface area contributed by atoms with Crippen molar-refractivity contribution in [2.45, 2.75) is 17.6 Å². The molecule has 2 aromatic carbocycles. The molecule has 0 fully saturated rings. The van der Waals surface area contributed by atoms with Gasteiger partial charge in [0.1, 0.15) is 0 Å². The second kappa shape index (κ2) is 7.03. The molecule has 1 N–H and O–H groups in total. The van der Waals surface area contributed by atoms with Gasteiger partial charge in [0.15, 0.2) is 0 Å². The zero-order valence-electron chi connectivity index (χ0n) is 13.8. The van der Waals surface area contributed by atoms with Crippen molar-refractivity contribution in [3.05, 3.63) is 59.2 Å². The number of benzene rings is 2. The molecule has 8 heteroatoms. The summed E-state index contributed by atoms with van der Waals surface area (Å²) in [4.78, 5) is 26.2. The normalized spacial score (nSPS) is 13.8. The SMILES string of the molecule is CN(Cc1ccccc1C(F)(F)F)C(=O)c1ccc2c(c1)NC(=O)CS2. The maximum atomic E-state index is 13.1. The maximum absolute atomic E-state index is 13.1. The minimum absolute atomic E-state index is 0.0256. The third-order valence-corrected chi connectivity index (χ3v) is 5.01. The van der Waals surface area contributed by atoms with E-state index >= 15 is 0 Å². The van der Waals surface area contributed by atoms with Gasteiger partial charge in [-0.2, -0.15) is 13.2 Å². The molecule has 0 saturated carbocycles. The summed E-state index contributed by atoms with van der Waals surface area (Å²) in [6, 6.07) is 10.1. The van der Waals surface area contributed by atoms with E-state index < -0.39 is 17.6 Å². The molecule has 0 unspecified atom stereocenters. The lowest BCUT2D eigenvalue weighted by atomic mass is 10.1. The quantitative estimate of drug-likeness (QED) is 0.875. The third-order valence-electron chi connectivity index (χ3n) is 3.94. The Kier molecular flexibility index (Phi) is 4.95. The van der Waals surface area contributed by atoms with Gasteiger partial charge in [0.2, 0.25) is 5.91 Å². The van der Waals surface area contributed by atoms with Crippen LogP contribution in [0.3, 0.4) is 0 Å². The van der Waals surface area contributed by atoms with E-state index in [-0.39, 0.29) is 18.0 Å². The molecule has 0 radical (unpaired) electrons. The molecule has 0 atom stereocenters. The highest BCUT2D eigenvalue weighted by Gasteiger charge is 2.33. The maximum Gasteiger partial charge on any atom is 0.416 e. The number of thioether (sulfide) groups is 1. The molecular formula is C18H15F3N2O2S. The number of fused-ring (bicyclic) bond motifs is 1. The van der Waals surface area contributed by atoms with E-state index in [2.05, 4.69) is 5.32 Å². The minimum Gasteiger partial charge on any atom is -0.337 e. The average Bonchev–Trinajstić information content (AvgIpc) is 2.60. The smallest absolute Gasteiger partial charge is 0.337 e. The van der Waals surface area contributed by atoms with Crippen LogP contribution in [0.25, 0.3) is 0 Å². The molecule has 0 aliphatic carbocycles.